The molecule has 0 saturated carbocycles. The summed E-state index contributed by atoms with van der Waals surface area (Å²) in [6.45, 7) is 2.38. The molecule has 0 saturated heterocycles. The molecule has 0 radical (unpaired) electrons. The summed E-state index contributed by atoms with van der Waals surface area (Å²) in [5.41, 5.74) is 20.4. The lowest BCUT2D eigenvalue weighted by molar-refractivity contribution is 0.739. The SMILES string of the molecule is C[C@@]12C=CC(n3c4ccccc4c4cc(-n5c6ccccc6c6ccccc65)ccc43)=CC=C1Sc1cnc(C3=CC(c4ccc5c(c4)Cc4ccccc4C4=C5CCC=C4)CC=C3)cc12. The molecule has 314 valence electrons. The number of benzene rings is 6. The summed E-state index contributed by atoms with van der Waals surface area (Å²) in [5, 5.41) is 5.04. The molecule has 0 amide bonds. The first-order valence-electron chi connectivity index (χ1n) is 23.4. The van der Waals surface area contributed by atoms with Gasteiger partial charge in [-0.3, -0.25) is 4.98 Å². The minimum absolute atomic E-state index is 0.286. The van der Waals surface area contributed by atoms with Crippen LogP contribution in [0.5, 0.6) is 0 Å². The Labute approximate surface area is 388 Å². The first kappa shape index (κ1) is 37.9. The van der Waals surface area contributed by atoms with Gasteiger partial charge in [-0.05, 0) is 143 Å². The van der Waals surface area contributed by atoms with Crippen molar-refractivity contribution in [1.82, 2.24) is 14.1 Å². The van der Waals surface area contributed by atoms with Crippen LogP contribution in [0.3, 0.4) is 0 Å². The van der Waals surface area contributed by atoms with Gasteiger partial charge in [-0.2, -0.15) is 0 Å². The molecule has 14 rings (SSSR count). The number of thioether (sulfide) groups is 1. The molecule has 0 spiro atoms. The van der Waals surface area contributed by atoms with E-state index in [1.54, 1.807) is 0 Å². The molecule has 0 N–H and O–H groups in total. The molecule has 3 aromatic heterocycles. The van der Waals surface area contributed by atoms with Crippen molar-refractivity contribution in [2.75, 3.05) is 0 Å². The molecule has 5 aliphatic rings. The van der Waals surface area contributed by atoms with Gasteiger partial charge in [0.15, 0.2) is 0 Å². The van der Waals surface area contributed by atoms with Crippen LogP contribution in [0.15, 0.2) is 210 Å². The third-order valence-electron chi connectivity index (χ3n) is 15.0. The van der Waals surface area contributed by atoms with E-state index in [1.807, 2.05) is 11.8 Å². The largest absolute Gasteiger partial charge is 0.309 e. The maximum Gasteiger partial charge on any atom is 0.0702 e. The Morgan fingerprint density at radius 2 is 1.38 bits per heavy atom. The lowest BCUT2D eigenvalue weighted by Gasteiger charge is -2.23. The molecule has 0 fully saturated rings. The van der Waals surface area contributed by atoms with Crippen LogP contribution in [-0.4, -0.2) is 14.1 Å². The lowest BCUT2D eigenvalue weighted by Crippen LogP contribution is -2.17. The zero-order valence-electron chi connectivity index (χ0n) is 36.7. The first-order chi connectivity index (χ1) is 32.6. The standard InChI is InChI=1S/C62H45N3S/c1-62-32-31-44(64-58-24-11-8-21-52(58)53-36-45(26-29-59(53)64)65-56-22-9-6-19-50(56)51-20-7-10-23-57(51)65)27-30-61(62)66-60-38-63-55(37-54(60)62)42-15-12-14-39(33-42)40-25-28-47-43(34-40)35-41-13-2-3-16-46(41)48-17-4-5-18-49(47)48/h2-4,6-13,15-17,19-34,36-39H,5,14,18,35H2,1H3/t39?,62-/m0/s1. The van der Waals surface area contributed by atoms with Crippen LogP contribution in [0.4, 0.5) is 0 Å². The smallest absolute Gasteiger partial charge is 0.0702 e. The fraction of sp³-hybridized carbons (Fsp3) is 0.113. The predicted molar refractivity (Wildman–Crippen MR) is 278 cm³/mol. The zero-order valence-corrected chi connectivity index (χ0v) is 37.5. The normalized spacial score (nSPS) is 19.5. The third kappa shape index (κ3) is 5.67. The summed E-state index contributed by atoms with van der Waals surface area (Å²) in [5.74, 6) is 0.290. The van der Waals surface area contributed by atoms with E-state index in [0.29, 0.717) is 0 Å². The number of nitrogens with zero attached hydrogens (tertiary/aromatic N) is 3. The van der Waals surface area contributed by atoms with Crippen molar-refractivity contribution in [2.45, 2.75) is 48.8 Å². The van der Waals surface area contributed by atoms with Crippen LogP contribution >= 0.6 is 11.8 Å². The van der Waals surface area contributed by atoms with Gasteiger partial charge in [0.1, 0.15) is 0 Å². The van der Waals surface area contributed by atoms with Gasteiger partial charge in [-0.15, -0.1) is 0 Å². The highest BCUT2D eigenvalue weighted by Gasteiger charge is 2.39. The second-order valence-corrected chi connectivity index (χ2v) is 19.8. The van der Waals surface area contributed by atoms with Crippen molar-refractivity contribution in [3.63, 3.8) is 0 Å². The summed E-state index contributed by atoms with van der Waals surface area (Å²) in [4.78, 5) is 7.68. The summed E-state index contributed by atoms with van der Waals surface area (Å²) in [6.07, 6.45) is 27.5. The molecule has 0 bridgehead atoms. The molecule has 1 unspecified atom stereocenters. The Bertz CT molecular complexity index is 3760. The Balaban J connectivity index is 0.803. The van der Waals surface area contributed by atoms with E-state index < -0.39 is 0 Å². The number of aromatic nitrogens is 3. The topological polar surface area (TPSA) is 22.8 Å². The van der Waals surface area contributed by atoms with E-state index in [4.69, 9.17) is 4.98 Å². The minimum Gasteiger partial charge on any atom is -0.309 e. The van der Waals surface area contributed by atoms with Gasteiger partial charge >= 0.3 is 0 Å². The van der Waals surface area contributed by atoms with Crippen molar-refractivity contribution in [1.29, 1.82) is 0 Å². The van der Waals surface area contributed by atoms with Crippen molar-refractivity contribution >= 4 is 77.8 Å². The van der Waals surface area contributed by atoms with Crippen molar-refractivity contribution < 1.29 is 0 Å². The number of hydrogen-bond donors (Lipinski definition) is 0. The lowest BCUT2D eigenvalue weighted by atomic mass is 9.81. The number of hydrogen-bond acceptors (Lipinski definition) is 2. The summed E-state index contributed by atoms with van der Waals surface area (Å²) < 4.78 is 4.86. The fourth-order valence-electron chi connectivity index (χ4n) is 11.7. The van der Waals surface area contributed by atoms with Gasteiger partial charge in [0.25, 0.3) is 0 Å². The van der Waals surface area contributed by atoms with E-state index >= 15 is 0 Å². The van der Waals surface area contributed by atoms with Crippen LogP contribution < -0.4 is 0 Å². The number of pyridine rings is 1. The Kier molecular flexibility index (Phi) is 8.36. The predicted octanol–water partition coefficient (Wildman–Crippen LogP) is 15.9. The van der Waals surface area contributed by atoms with Crippen LogP contribution in [-0.2, 0) is 11.8 Å². The number of para-hydroxylation sites is 3. The van der Waals surface area contributed by atoms with E-state index in [0.717, 1.165) is 37.1 Å². The van der Waals surface area contributed by atoms with Crippen molar-refractivity contribution in [2.24, 2.45) is 0 Å². The Morgan fingerprint density at radius 1 is 0.636 bits per heavy atom. The molecule has 3 nitrogen and oxygen atoms in total. The molecule has 4 aliphatic carbocycles. The third-order valence-corrected chi connectivity index (χ3v) is 16.3. The van der Waals surface area contributed by atoms with Gasteiger partial charge < -0.3 is 9.13 Å². The zero-order chi connectivity index (χ0) is 43.5. The van der Waals surface area contributed by atoms with Gasteiger partial charge in [-0.25, -0.2) is 0 Å². The van der Waals surface area contributed by atoms with Gasteiger partial charge in [0.05, 0.1) is 27.8 Å². The monoisotopic (exact) mass is 863 g/mol. The number of rotatable bonds is 4. The highest BCUT2D eigenvalue weighted by molar-refractivity contribution is 8.03. The molecular formula is C62H45N3S. The van der Waals surface area contributed by atoms with Crippen molar-refractivity contribution in [3.05, 3.63) is 244 Å². The average molecular weight is 864 g/mol. The number of allylic oxidation sites excluding steroid dienone is 14. The van der Waals surface area contributed by atoms with Gasteiger partial charge in [0, 0.05) is 60.3 Å². The summed E-state index contributed by atoms with van der Waals surface area (Å²) in [6, 6.07) is 52.0. The van der Waals surface area contributed by atoms with Gasteiger partial charge in [0.2, 0.25) is 0 Å². The molecular weight excluding hydrogens is 819 g/mol. The minimum atomic E-state index is -0.286. The maximum atomic E-state index is 5.12. The molecule has 4 heteroatoms. The second kappa shape index (κ2) is 14.6. The van der Waals surface area contributed by atoms with Crippen LogP contribution in [0.2, 0.25) is 0 Å². The van der Waals surface area contributed by atoms with Crippen molar-refractivity contribution in [3.8, 4) is 5.69 Å². The fourth-order valence-corrected chi connectivity index (χ4v) is 13.0. The molecule has 66 heavy (non-hydrogen) atoms. The molecule has 2 atom stereocenters. The molecule has 4 heterocycles. The average Bonchev–Trinajstić information content (AvgIpc) is 3.90. The quantitative estimate of drug-likeness (QED) is 0.176. The highest BCUT2D eigenvalue weighted by atomic mass is 32.2. The maximum absolute atomic E-state index is 5.12. The van der Waals surface area contributed by atoms with E-state index in [1.165, 1.54) is 109 Å². The number of fused-ring (bicyclic) bond motifs is 13. The Hall–Kier alpha value is -7.40. The second-order valence-electron chi connectivity index (χ2n) is 18.7. The van der Waals surface area contributed by atoms with E-state index in [2.05, 4.69) is 216 Å². The molecule has 1 aliphatic heterocycles. The van der Waals surface area contributed by atoms with E-state index in [9.17, 15) is 0 Å². The summed E-state index contributed by atoms with van der Waals surface area (Å²) >= 11 is 1.86. The summed E-state index contributed by atoms with van der Waals surface area (Å²) in [7, 11) is 0. The Morgan fingerprint density at radius 3 is 2.21 bits per heavy atom. The molecule has 9 aromatic rings. The van der Waals surface area contributed by atoms with Crippen LogP contribution in [0, 0.1) is 0 Å². The van der Waals surface area contributed by atoms with Crippen LogP contribution in [0.1, 0.15) is 71.2 Å². The molecule has 6 aromatic carbocycles. The first-order valence-corrected chi connectivity index (χ1v) is 24.2. The van der Waals surface area contributed by atoms with E-state index in [-0.39, 0.29) is 11.3 Å². The van der Waals surface area contributed by atoms with Crippen LogP contribution in [0.25, 0.3) is 71.7 Å². The highest BCUT2D eigenvalue weighted by Crippen LogP contribution is 2.55. The van der Waals surface area contributed by atoms with Gasteiger partial charge in [-0.1, -0.05) is 145 Å².